The standard InChI is InChI=1S/C26H40N6O4/c1-14(29-31-21(27)33)26-20(35-23(2,3)36-26)13-19-17-7-6-15-12-16(30-32-22(28)34)8-10-24(15,4)18(17)9-11-25(19,26)5/h12,17-20H,6-11,13H2,1-5H3,(H3,27,31,33)(H3,28,32,34)/b29-14-,30-16+/t17-,18+,19-,20-,24+,25-,26-/m1/s1. The molecule has 0 spiro atoms. The molecule has 0 aromatic carbocycles. The van der Waals surface area contributed by atoms with E-state index in [0.717, 1.165) is 56.4 Å². The summed E-state index contributed by atoms with van der Waals surface area (Å²) < 4.78 is 13.3. The number of allylic oxidation sites excluding steroid dienone is 2. The molecule has 5 aliphatic rings. The summed E-state index contributed by atoms with van der Waals surface area (Å²) in [7, 11) is 0. The van der Waals surface area contributed by atoms with Crippen LogP contribution in [0, 0.1) is 28.6 Å². The fraction of sp³-hybridized carbons (Fsp3) is 0.769. The van der Waals surface area contributed by atoms with Gasteiger partial charge in [-0.15, -0.1) is 0 Å². The van der Waals surface area contributed by atoms with Gasteiger partial charge in [-0.2, -0.15) is 10.2 Å². The topological polar surface area (TPSA) is 153 Å². The maximum atomic E-state index is 11.4. The van der Waals surface area contributed by atoms with Crippen molar-refractivity contribution in [3.05, 3.63) is 11.6 Å². The van der Waals surface area contributed by atoms with Gasteiger partial charge in [-0.25, -0.2) is 20.4 Å². The van der Waals surface area contributed by atoms with Crippen molar-refractivity contribution in [1.29, 1.82) is 0 Å². The number of primary amides is 2. The lowest BCUT2D eigenvalue weighted by Gasteiger charge is -2.59. The van der Waals surface area contributed by atoms with Gasteiger partial charge in [0.1, 0.15) is 5.60 Å². The van der Waals surface area contributed by atoms with Gasteiger partial charge in [-0.1, -0.05) is 19.4 Å². The van der Waals surface area contributed by atoms with Crippen LogP contribution in [0.15, 0.2) is 21.9 Å². The molecule has 36 heavy (non-hydrogen) atoms. The first-order valence-electron chi connectivity index (χ1n) is 13.1. The molecule has 0 aromatic rings. The highest BCUT2D eigenvalue weighted by Gasteiger charge is 2.74. The quantitative estimate of drug-likeness (QED) is 0.346. The lowest BCUT2D eigenvalue weighted by molar-refractivity contribution is -0.197. The van der Waals surface area contributed by atoms with E-state index < -0.39 is 23.5 Å². The first-order chi connectivity index (χ1) is 16.8. The minimum absolute atomic E-state index is 0.110. The number of nitrogens with one attached hydrogen (secondary N) is 2. The van der Waals surface area contributed by atoms with Gasteiger partial charge in [-0.05, 0) is 95.0 Å². The average Bonchev–Trinajstić information content (AvgIpc) is 3.21. The molecule has 0 unspecified atom stereocenters. The maximum absolute atomic E-state index is 11.4. The summed E-state index contributed by atoms with van der Waals surface area (Å²) in [4.78, 5) is 22.6. The normalized spacial score (nSPS) is 44.1. The van der Waals surface area contributed by atoms with E-state index in [1.165, 1.54) is 5.57 Å². The molecule has 3 saturated carbocycles. The number of hydrazone groups is 2. The number of urea groups is 2. The van der Waals surface area contributed by atoms with E-state index in [4.69, 9.17) is 20.9 Å². The number of hydrogen-bond donors (Lipinski definition) is 4. The van der Waals surface area contributed by atoms with Crippen LogP contribution in [0.2, 0.25) is 0 Å². The summed E-state index contributed by atoms with van der Waals surface area (Å²) >= 11 is 0. The zero-order valence-electron chi connectivity index (χ0n) is 22.0. The molecule has 0 aromatic heterocycles. The Kier molecular flexibility index (Phi) is 5.79. The van der Waals surface area contributed by atoms with E-state index in [2.05, 4.69) is 41.0 Å². The summed E-state index contributed by atoms with van der Waals surface area (Å²) in [5, 5.41) is 8.60. The van der Waals surface area contributed by atoms with Crippen LogP contribution in [0.5, 0.6) is 0 Å². The second-order valence-electron chi connectivity index (χ2n) is 12.3. The first kappa shape index (κ1) is 25.2. The highest BCUT2D eigenvalue weighted by molar-refractivity contribution is 5.97. The van der Waals surface area contributed by atoms with E-state index in [-0.39, 0.29) is 16.9 Å². The Labute approximate surface area is 212 Å². The van der Waals surface area contributed by atoms with Crippen LogP contribution in [-0.2, 0) is 9.47 Å². The van der Waals surface area contributed by atoms with Gasteiger partial charge < -0.3 is 20.9 Å². The third kappa shape index (κ3) is 3.59. The zero-order chi connectivity index (χ0) is 26.1. The van der Waals surface area contributed by atoms with E-state index in [1.807, 2.05) is 20.8 Å². The predicted molar refractivity (Wildman–Crippen MR) is 136 cm³/mol. The molecule has 4 aliphatic carbocycles. The van der Waals surface area contributed by atoms with E-state index >= 15 is 0 Å². The van der Waals surface area contributed by atoms with Crippen LogP contribution in [0.4, 0.5) is 9.59 Å². The summed E-state index contributed by atoms with van der Waals surface area (Å²) in [5.41, 5.74) is 17.6. The van der Waals surface area contributed by atoms with Gasteiger partial charge in [0.15, 0.2) is 5.79 Å². The average molecular weight is 501 g/mol. The fourth-order valence-electron chi connectivity index (χ4n) is 8.78. The Morgan fingerprint density at radius 2 is 1.75 bits per heavy atom. The molecule has 5 rings (SSSR count). The third-order valence-electron chi connectivity index (χ3n) is 10.2. The van der Waals surface area contributed by atoms with Crippen molar-refractivity contribution in [2.24, 2.45) is 50.3 Å². The molecule has 198 valence electrons. The summed E-state index contributed by atoms with van der Waals surface area (Å²) in [6.45, 7) is 10.6. The summed E-state index contributed by atoms with van der Waals surface area (Å²) in [5.74, 6) is 0.792. The van der Waals surface area contributed by atoms with Crippen LogP contribution in [0.3, 0.4) is 0 Å². The monoisotopic (exact) mass is 500 g/mol. The highest BCUT2D eigenvalue weighted by atomic mass is 16.8. The smallest absolute Gasteiger partial charge is 0.332 e. The van der Waals surface area contributed by atoms with Crippen molar-refractivity contribution in [3.8, 4) is 0 Å². The number of ether oxygens (including phenoxy) is 2. The Morgan fingerprint density at radius 3 is 2.44 bits per heavy atom. The van der Waals surface area contributed by atoms with Gasteiger partial charge in [0.2, 0.25) is 0 Å². The molecule has 1 saturated heterocycles. The highest BCUT2D eigenvalue weighted by Crippen LogP contribution is 2.70. The Morgan fingerprint density at radius 1 is 1.03 bits per heavy atom. The van der Waals surface area contributed by atoms with Crippen LogP contribution >= 0.6 is 0 Å². The van der Waals surface area contributed by atoms with Crippen molar-refractivity contribution < 1.29 is 19.1 Å². The predicted octanol–water partition coefficient (Wildman–Crippen LogP) is 3.52. The molecule has 0 radical (unpaired) electrons. The number of amides is 4. The van der Waals surface area contributed by atoms with Crippen LogP contribution in [-0.4, -0.2) is 41.0 Å². The van der Waals surface area contributed by atoms with E-state index in [0.29, 0.717) is 17.8 Å². The number of hydrogen-bond acceptors (Lipinski definition) is 6. The minimum Gasteiger partial charge on any atom is -0.350 e. The Hall–Kier alpha value is -2.46. The first-order valence-corrected chi connectivity index (χ1v) is 13.1. The number of fused-ring (bicyclic) bond motifs is 7. The molecule has 10 heteroatoms. The van der Waals surface area contributed by atoms with Gasteiger partial charge in [0, 0.05) is 5.41 Å². The number of carbonyl (C=O) groups is 2. The third-order valence-corrected chi connectivity index (χ3v) is 10.2. The number of carbonyl (C=O) groups excluding carboxylic acids is 2. The lowest BCUT2D eigenvalue weighted by atomic mass is 9.46. The molecule has 4 fully saturated rings. The molecule has 6 N–H and O–H groups in total. The number of rotatable bonds is 3. The SMILES string of the molecule is C/C(=N/NC(N)=O)[C@@]12OC(C)(C)O[C@@H]1C[C@@H]1[C@@H]3CCC4=C/C(=N/NC(N)=O)CC[C@]4(C)[C@H]3CC[C@]12C. The molecular formula is C26H40N6O4. The Bertz CT molecular complexity index is 1070. The largest absolute Gasteiger partial charge is 0.350 e. The number of nitrogens with zero attached hydrogens (tertiary/aromatic N) is 2. The second-order valence-corrected chi connectivity index (χ2v) is 12.3. The van der Waals surface area contributed by atoms with Crippen molar-refractivity contribution in [2.45, 2.75) is 97.1 Å². The molecule has 10 nitrogen and oxygen atoms in total. The van der Waals surface area contributed by atoms with Crippen molar-refractivity contribution in [3.63, 3.8) is 0 Å². The van der Waals surface area contributed by atoms with Crippen molar-refractivity contribution in [2.75, 3.05) is 0 Å². The molecule has 1 heterocycles. The lowest BCUT2D eigenvalue weighted by Crippen LogP contribution is -2.60. The Balaban J connectivity index is 1.47. The van der Waals surface area contributed by atoms with Crippen LogP contribution in [0.1, 0.15) is 79.6 Å². The molecular weight excluding hydrogens is 460 g/mol. The van der Waals surface area contributed by atoms with E-state index in [9.17, 15) is 9.59 Å². The maximum Gasteiger partial charge on any atom is 0.332 e. The van der Waals surface area contributed by atoms with Gasteiger partial charge >= 0.3 is 12.1 Å². The minimum atomic E-state index is -0.731. The molecule has 1 aliphatic heterocycles. The van der Waals surface area contributed by atoms with Crippen LogP contribution < -0.4 is 22.3 Å². The van der Waals surface area contributed by atoms with Crippen molar-refractivity contribution in [1.82, 2.24) is 10.9 Å². The van der Waals surface area contributed by atoms with Crippen LogP contribution in [0.25, 0.3) is 0 Å². The zero-order valence-corrected chi connectivity index (χ0v) is 22.0. The summed E-state index contributed by atoms with van der Waals surface area (Å²) in [6, 6.07) is -1.32. The van der Waals surface area contributed by atoms with Gasteiger partial charge in [0.05, 0.1) is 17.5 Å². The van der Waals surface area contributed by atoms with Crippen molar-refractivity contribution >= 4 is 23.5 Å². The fourth-order valence-corrected chi connectivity index (χ4v) is 8.78. The van der Waals surface area contributed by atoms with Gasteiger partial charge in [-0.3, -0.25) is 0 Å². The second kappa shape index (κ2) is 8.28. The molecule has 4 amide bonds. The van der Waals surface area contributed by atoms with E-state index in [1.54, 1.807) is 0 Å². The number of nitrogens with two attached hydrogens (primary N) is 2. The molecule has 7 atom stereocenters. The summed E-state index contributed by atoms with van der Waals surface area (Å²) in [6.07, 6.45) is 9.01. The molecule has 0 bridgehead atoms. The van der Waals surface area contributed by atoms with Gasteiger partial charge in [0.25, 0.3) is 0 Å².